The number of hydrogen-bond donors (Lipinski definition) is 4. The van der Waals surface area contributed by atoms with E-state index < -0.39 is 22.0 Å². The molecule has 12 nitrogen and oxygen atoms in total. The van der Waals surface area contributed by atoms with E-state index in [0.29, 0.717) is 47.4 Å². The van der Waals surface area contributed by atoms with Gasteiger partial charge in [-0.2, -0.15) is 4.31 Å². The Hall–Kier alpha value is -3.85. The number of amidine groups is 1. The fourth-order valence-electron chi connectivity index (χ4n) is 5.72. The molecule has 2 amide bonds. The van der Waals surface area contributed by atoms with E-state index in [9.17, 15) is 18.0 Å². The lowest BCUT2D eigenvalue weighted by molar-refractivity contribution is -0.124. The maximum absolute atomic E-state index is 13.9. The number of hydrogen-bond acceptors (Lipinski definition) is 8. The van der Waals surface area contributed by atoms with E-state index in [4.69, 9.17) is 43.8 Å². The summed E-state index contributed by atoms with van der Waals surface area (Å²) in [5.74, 6) is 0.130. The minimum atomic E-state index is -4.19. The normalized spacial score (nSPS) is 14.2. The summed E-state index contributed by atoms with van der Waals surface area (Å²) < 4.78 is 40.5. The Morgan fingerprint density at radius 3 is 2.44 bits per heavy atom. The van der Waals surface area contributed by atoms with E-state index in [2.05, 4.69) is 15.6 Å². The largest absolute Gasteiger partial charge is 0.487 e. The van der Waals surface area contributed by atoms with E-state index >= 15 is 0 Å². The zero-order chi connectivity index (χ0) is 36.0. The van der Waals surface area contributed by atoms with Crippen molar-refractivity contribution in [1.82, 2.24) is 19.9 Å². The van der Waals surface area contributed by atoms with Gasteiger partial charge in [-0.25, -0.2) is 13.4 Å². The van der Waals surface area contributed by atoms with Gasteiger partial charge in [0.15, 0.2) is 6.61 Å². The van der Waals surface area contributed by atoms with Crippen molar-refractivity contribution in [2.75, 3.05) is 26.2 Å². The summed E-state index contributed by atoms with van der Waals surface area (Å²) in [5, 5.41) is 14.0. The summed E-state index contributed by atoms with van der Waals surface area (Å²) in [5.41, 5.74) is 8.85. The summed E-state index contributed by atoms with van der Waals surface area (Å²) in [6, 6.07) is 15.9. The molecule has 3 aromatic carbocycles. The highest BCUT2D eigenvalue weighted by Crippen LogP contribution is 2.36. The van der Waals surface area contributed by atoms with Crippen molar-refractivity contribution in [3.05, 3.63) is 93.1 Å². The van der Waals surface area contributed by atoms with Gasteiger partial charge < -0.3 is 25.8 Å². The van der Waals surface area contributed by atoms with Crippen LogP contribution in [-0.2, 0) is 26.2 Å². The highest BCUT2D eigenvalue weighted by Gasteiger charge is 2.40. The molecule has 280 valence electrons. The lowest BCUT2D eigenvalue weighted by atomic mass is 10.1. The minimum absolute atomic E-state index is 0. The van der Waals surface area contributed by atoms with E-state index in [0.717, 1.165) is 16.6 Å². The predicted molar refractivity (Wildman–Crippen MR) is 207 cm³/mol. The topological polar surface area (TPSA) is 177 Å². The molecule has 0 spiro atoms. The van der Waals surface area contributed by atoms with Crippen LogP contribution in [0.3, 0.4) is 0 Å². The van der Waals surface area contributed by atoms with E-state index in [1.807, 2.05) is 32.0 Å². The molecule has 0 unspecified atom stereocenters. The second-order valence-electron chi connectivity index (χ2n) is 11.9. The van der Waals surface area contributed by atoms with Gasteiger partial charge in [0.25, 0.3) is 5.91 Å². The summed E-state index contributed by atoms with van der Waals surface area (Å²) >= 11 is 13.2. The number of pyridine rings is 1. The monoisotopic (exact) mass is 812 g/mol. The number of para-hydroxylation sites is 1. The molecule has 1 fully saturated rings. The molecule has 5 rings (SSSR count). The molecule has 4 aromatic rings. The lowest BCUT2D eigenvalue weighted by Crippen LogP contribution is -2.46. The van der Waals surface area contributed by atoms with Gasteiger partial charge in [0.05, 0.1) is 5.02 Å². The SMILES string of the molecule is Cc1cc(C)c2cccc(OCc3c(Cl)ccc(S(=O)(=O)N4CCC[C@H]4C(=O)NCCCNC(=O)COc4ccc(C(=N)N)cc4)c3Cl)c2n1.Cl.Cl. The van der Waals surface area contributed by atoms with Gasteiger partial charge in [-0.05, 0) is 87.2 Å². The molecule has 5 N–H and O–H groups in total. The van der Waals surface area contributed by atoms with Crippen LogP contribution in [0.25, 0.3) is 10.9 Å². The van der Waals surface area contributed by atoms with Gasteiger partial charge >= 0.3 is 0 Å². The van der Waals surface area contributed by atoms with Crippen molar-refractivity contribution in [1.29, 1.82) is 5.41 Å². The molecule has 1 atom stereocenters. The minimum Gasteiger partial charge on any atom is -0.487 e. The fourth-order valence-corrected chi connectivity index (χ4v) is 8.24. The third-order valence-electron chi connectivity index (χ3n) is 8.26. The highest BCUT2D eigenvalue weighted by atomic mass is 35.5. The lowest BCUT2D eigenvalue weighted by Gasteiger charge is -2.24. The molecule has 2 heterocycles. The van der Waals surface area contributed by atoms with Crippen molar-refractivity contribution < 1.29 is 27.5 Å². The summed E-state index contributed by atoms with van der Waals surface area (Å²) in [6.07, 6.45) is 1.27. The molecule has 52 heavy (non-hydrogen) atoms. The Morgan fingerprint density at radius 1 is 1.02 bits per heavy atom. The molecule has 17 heteroatoms. The third kappa shape index (κ3) is 9.97. The molecular weight excluding hydrogens is 774 g/mol. The number of benzene rings is 3. The van der Waals surface area contributed by atoms with Crippen LogP contribution in [0.4, 0.5) is 0 Å². The van der Waals surface area contributed by atoms with Crippen molar-refractivity contribution in [2.24, 2.45) is 5.73 Å². The summed E-state index contributed by atoms with van der Waals surface area (Å²) in [4.78, 5) is 29.8. The van der Waals surface area contributed by atoms with E-state index in [-0.39, 0.29) is 84.3 Å². The summed E-state index contributed by atoms with van der Waals surface area (Å²) in [6.45, 7) is 4.24. The number of nitrogens with two attached hydrogens (primary N) is 1. The number of fused-ring (bicyclic) bond motifs is 1. The van der Waals surface area contributed by atoms with Crippen LogP contribution in [0, 0.1) is 19.3 Å². The smallest absolute Gasteiger partial charge is 0.257 e. The molecule has 1 aliphatic rings. The number of carbonyl (C=O) groups excluding carboxylic acids is 2. The molecule has 1 saturated heterocycles. The fraction of sp³-hybridized carbons (Fsp3) is 0.314. The maximum Gasteiger partial charge on any atom is 0.257 e. The van der Waals surface area contributed by atoms with Gasteiger partial charge in [-0.15, -0.1) is 24.8 Å². The van der Waals surface area contributed by atoms with Crippen LogP contribution in [-0.4, -0.2) is 67.6 Å². The van der Waals surface area contributed by atoms with Crippen LogP contribution in [0.5, 0.6) is 11.5 Å². The Morgan fingerprint density at radius 2 is 1.73 bits per heavy atom. The molecule has 1 aromatic heterocycles. The number of ether oxygens (including phenoxy) is 2. The number of nitrogens with zero attached hydrogens (tertiary/aromatic N) is 2. The number of nitrogens with one attached hydrogen (secondary N) is 3. The number of amides is 2. The Balaban J connectivity index is 0.00000364. The van der Waals surface area contributed by atoms with Crippen LogP contribution >= 0.6 is 48.0 Å². The third-order valence-corrected chi connectivity index (χ3v) is 11.1. The first-order chi connectivity index (χ1) is 23.9. The molecule has 0 saturated carbocycles. The first-order valence-electron chi connectivity index (χ1n) is 16.0. The van der Waals surface area contributed by atoms with Crippen molar-refractivity contribution in [3.63, 3.8) is 0 Å². The van der Waals surface area contributed by atoms with Crippen molar-refractivity contribution in [3.8, 4) is 11.5 Å². The number of aromatic nitrogens is 1. The standard InChI is InChI=1S/C35H38Cl2N6O6S.2ClH/c1-21-18-22(2)42-33-25(21)6-3-8-29(33)49-19-26-27(36)13-14-30(32(26)37)50(46,47)43-17-4-7-28(43)35(45)41-16-5-15-40-31(44)20-48-24-11-9-23(10-12-24)34(38)39;;/h3,6,8-14,18,28H,4-5,7,15-17,19-20H2,1-2H3,(H3,38,39)(H,40,44)(H,41,45);2*1H/t28-;;/m0../s1. The van der Waals surface area contributed by atoms with E-state index in [1.54, 1.807) is 30.3 Å². The van der Waals surface area contributed by atoms with Crippen LogP contribution in [0.15, 0.2) is 65.6 Å². The van der Waals surface area contributed by atoms with Crippen molar-refractivity contribution in [2.45, 2.75) is 50.7 Å². The maximum atomic E-state index is 13.9. The molecule has 0 aliphatic carbocycles. The number of aryl methyl sites for hydroxylation is 2. The zero-order valence-electron chi connectivity index (χ0n) is 28.4. The second kappa shape index (κ2) is 18.8. The van der Waals surface area contributed by atoms with Crippen LogP contribution in [0.1, 0.15) is 41.6 Å². The average molecular weight is 815 g/mol. The Kier molecular flexibility index (Phi) is 15.4. The molecule has 0 radical (unpaired) electrons. The number of sulfonamides is 1. The zero-order valence-corrected chi connectivity index (χ0v) is 32.4. The van der Waals surface area contributed by atoms with Gasteiger partial charge in [0, 0.05) is 46.9 Å². The number of nitrogen functional groups attached to an aromatic ring is 1. The average Bonchev–Trinajstić information content (AvgIpc) is 3.59. The Labute approximate surface area is 325 Å². The van der Waals surface area contributed by atoms with Crippen LogP contribution in [0.2, 0.25) is 10.0 Å². The van der Waals surface area contributed by atoms with Gasteiger partial charge in [0.1, 0.15) is 40.4 Å². The first-order valence-corrected chi connectivity index (χ1v) is 18.2. The number of carbonyl (C=O) groups is 2. The van der Waals surface area contributed by atoms with E-state index in [1.165, 1.54) is 16.4 Å². The molecule has 0 bridgehead atoms. The first kappa shape index (κ1) is 42.6. The van der Waals surface area contributed by atoms with Gasteiger partial charge in [-0.1, -0.05) is 35.3 Å². The number of rotatable bonds is 14. The Bertz CT molecular complexity index is 2030. The quantitative estimate of drug-likeness (QED) is 0.0710. The van der Waals surface area contributed by atoms with Gasteiger partial charge in [-0.3, -0.25) is 15.0 Å². The second-order valence-corrected chi connectivity index (χ2v) is 14.5. The predicted octanol–water partition coefficient (Wildman–Crippen LogP) is 5.72. The van der Waals surface area contributed by atoms with Crippen molar-refractivity contribution >= 4 is 86.6 Å². The van der Waals surface area contributed by atoms with Gasteiger partial charge in [0.2, 0.25) is 15.9 Å². The summed E-state index contributed by atoms with van der Waals surface area (Å²) in [7, 11) is -4.19. The van der Waals surface area contributed by atoms with Crippen LogP contribution < -0.4 is 25.8 Å². The molecular formula is C35H40Cl4N6O6S. The molecule has 1 aliphatic heterocycles. The highest BCUT2D eigenvalue weighted by molar-refractivity contribution is 7.89. The number of halogens is 4.